The zero-order chi connectivity index (χ0) is 25.3. The summed E-state index contributed by atoms with van der Waals surface area (Å²) in [4.78, 5) is 29.9. The van der Waals surface area contributed by atoms with E-state index >= 15 is 0 Å². The first-order valence-electron chi connectivity index (χ1n) is 11.4. The van der Waals surface area contributed by atoms with Crippen LogP contribution in [0.5, 0.6) is 11.5 Å². The van der Waals surface area contributed by atoms with E-state index in [1.54, 1.807) is 6.92 Å². The Hall–Kier alpha value is -2.43. The van der Waals surface area contributed by atoms with Crippen LogP contribution in [0, 0.1) is 18.9 Å². The van der Waals surface area contributed by atoms with Gasteiger partial charge in [-0.3, -0.25) is 4.79 Å². The van der Waals surface area contributed by atoms with Gasteiger partial charge in [0.25, 0.3) is 5.91 Å². The second-order valence-corrected chi connectivity index (χ2v) is 9.00. The van der Waals surface area contributed by atoms with Crippen LogP contribution in [-0.2, 0) is 23.7 Å². The summed E-state index contributed by atoms with van der Waals surface area (Å²) in [5.41, 5.74) is -0.0774. The topological polar surface area (TPSA) is 114 Å². The predicted molar refractivity (Wildman–Crippen MR) is 124 cm³/mol. The van der Waals surface area contributed by atoms with Crippen LogP contribution in [0.1, 0.15) is 45.1 Å². The Kier molecular flexibility index (Phi) is 11.0. The van der Waals surface area contributed by atoms with Gasteiger partial charge in [-0.05, 0) is 18.8 Å². The van der Waals surface area contributed by atoms with Gasteiger partial charge in [0.1, 0.15) is 25.4 Å². The van der Waals surface area contributed by atoms with Crippen LogP contribution in [0.2, 0.25) is 0 Å². The van der Waals surface area contributed by atoms with E-state index in [1.807, 2.05) is 27.7 Å². The molecule has 4 atom stereocenters. The number of carbonyl (C=O) groups excluding carboxylic acids is 2. The van der Waals surface area contributed by atoms with Crippen LogP contribution in [0.3, 0.4) is 0 Å². The zero-order valence-corrected chi connectivity index (χ0v) is 20.9. The largest absolute Gasteiger partial charge is 0.493 e. The van der Waals surface area contributed by atoms with Gasteiger partial charge in [0.05, 0.1) is 20.3 Å². The molecule has 0 aromatic carbocycles. The Morgan fingerprint density at radius 1 is 1.21 bits per heavy atom. The lowest BCUT2D eigenvalue weighted by Crippen LogP contribution is -2.47. The zero-order valence-electron chi connectivity index (χ0n) is 20.9. The summed E-state index contributed by atoms with van der Waals surface area (Å²) >= 11 is 0. The average molecular weight is 482 g/mol. The van der Waals surface area contributed by atoms with Crippen molar-refractivity contribution in [3.05, 3.63) is 25.1 Å². The maximum absolute atomic E-state index is 12.9. The lowest BCUT2D eigenvalue weighted by Gasteiger charge is -2.31. The number of hydrogen-bond acceptors (Lipinski definition) is 9. The maximum atomic E-state index is 12.9. The molecule has 1 amide bonds. The van der Waals surface area contributed by atoms with Crippen molar-refractivity contribution in [1.82, 2.24) is 10.3 Å². The Morgan fingerprint density at radius 3 is 2.50 bits per heavy atom. The van der Waals surface area contributed by atoms with Crippen LogP contribution in [0.4, 0.5) is 0 Å². The van der Waals surface area contributed by atoms with E-state index in [1.165, 1.54) is 19.4 Å². The molecule has 191 valence electrons. The number of amides is 1. The molecule has 34 heavy (non-hydrogen) atoms. The molecule has 0 unspecified atom stereocenters. The monoisotopic (exact) mass is 481 g/mol. The van der Waals surface area contributed by atoms with E-state index in [0.29, 0.717) is 19.1 Å². The van der Waals surface area contributed by atoms with Crippen LogP contribution < -0.4 is 14.8 Å². The van der Waals surface area contributed by atoms with Crippen molar-refractivity contribution in [2.45, 2.75) is 59.0 Å². The van der Waals surface area contributed by atoms with Crippen LogP contribution in [0.15, 0.2) is 12.3 Å². The van der Waals surface area contributed by atoms with Gasteiger partial charge in [0.15, 0.2) is 23.2 Å². The van der Waals surface area contributed by atoms with Gasteiger partial charge in [-0.25, -0.2) is 9.78 Å². The van der Waals surface area contributed by atoms with E-state index in [2.05, 4.69) is 17.4 Å². The Balaban J connectivity index is 2.19. The van der Waals surface area contributed by atoms with Gasteiger partial charge in [-0.15, -0.1) is 0 Å². The molecule has 0 spiro atoms. The lowest BCUT2D eigenvalue weighted by molar-refractivity contribution is -0.170. The lowest BCUT2D eigenvalue weighted by atomic mass is 10.1. The molecular weight excluding hydrogens is 444 g/mol. The fraction of sp³-hybridized carbons (Fsp3) is 0.667. The summed E-state index contributed by atoms with van der Waals surface area (Å²) in [6.45, 7) is 11.0. The first kappa shape index (κ1) is 27.8. The van der Waals surface area contributed by atoms with Gasteiger partial charge in [-0.2, -0.15) is 0 Å². The second-order valence-electron chi connectivity index (χ2n) is 9.00. The van der Waals surface area contributed by atoms with Crippen molar-refractivity contribution in [2.75, 3.05) is 33.5 Å². The van der Waals surface area contributed by atoms with E-state index in [0.717, 1.165) is 0 Å². The molecule has 0 bridgehead atoms. The molecule has 10 nitrogen and oxygen atoms in total. The molecule has 2 rings (SSSR count). The van der Waals surface area contributed by atoms with Gasteiger partial charge >= 0.3 is 5.97 Å². The number of nitrogens with one attached hydrogen (secondary N) is 1. The fourth-order valence-corrected chi connectivity index (χ4v) is 3.32. The molecule has 0 saturated carbocycles. The number of ether oxygens (including phenoxy) is 6. The number of aromatic nitrogens is 1. The number of hydrogen-bond donors (Lipinski definition) is 1. The number of rotatable bonds is 10. The summed E-state index contributed by atoms with van der Waals surface area (Å²) in [5, 5.41) is 2.61. The normalized spacial score (nSPS) is 23.6. The number of methoxy groups -OCH3 is 1. The van der Waals surface area contributed by atoms with Crippen molar-refractivity contribution in [3.8, 4) is 11.5 Å². The molecule has 10 heteroatoms. The first-order valence-corrected chi connectivity index (χ1v) is 11.4. The molecule has 1 radical (unpaired) electrons. The molecule has 1 aromatic heterocycles. The summed E-state index contributed by atoms with van der Waals surface area (Å²) in [6.07, 6.45) is -0.197. The van der Waals surface area contributed by atoms with Gasteiger partial charge in [0.2, 0.25) is 0 Å². The Morgan fingerprint density at radius 2 is 1.88 bits per heavy atom. The van der Waals surface area contributed by atoms with Gasteiger partial charge in [-0.1, -0.05) is 27.7 Å². The molecule has 1 aliphatic rings. The molecule has 1 aromatic rings. The summed E-state index contributed by atoms with van der Waals surface area (Å²) in [6, 6.07) is 0.459. The minimum Gasteiger partial charge on any atom is -0.493 e. The average Bonchev–Trinajstić information content (AvgIpc) is 2.84. The number of cyclic esters (lactones) is 1. The van der Waals surface area contributed by atoms with E-state index < -0.39 is 36.2 Å². The molecule has 1 fully saturated rings. The maximum Gasteiger partial charge on any atom is 0.331 e. The fourth-order valence-electron chi connectivity index (χ4n) is 3.32. The molecular formula is C24H37N2O8. The van der Waals surface area contributed by atoms with Crippen LogP contribution in [0.25, 0.3) is 0 Å². The van der Waals surface area contributed by atoms with Crippen molar-refractivity contribution in [2.24, 2.45) is 11.8 Å². The number of esters is 1. The number of pyridine rings is 1. The Labute approximate surface area is 201 Å². The molecule has 0 aliphatic carbocycles. The quantitative estimate of drug-likeness (QED) is 0.503. The molecule has 1 N–H and O–H groups in total. The van der Waals surface area contributed by atoms with E-state index in [4.69, 9.17) is 28.4 Å². The summed E-state index contributed by atoms with van der Waals surface area (Å²) < 4.78 is 33.8. The minimum absolute atomic E-state index is 0.0533. The standard InChI is InChI=1S/C24H37N2O8/c1-14(2)10-32-19-13-31-12-17(24(28)34-16(5)21(19)33-11-15(3)4)26-23(27)20-22(30-7)18(29-6)8-9-25-20/h8-9,14-17,19,21H,7,10-13H2,1-6H3,(H,26,27)/t16-,17-,19-,21-/m0/s1. The SMILES string of the molecule is [CH2]Oc1c(OC)ccnc1C(=O)N[C@H]1COC[C@H](OCC(C)C)[C@@H](OCC(C)C)[C@H](C)OC1=O. The van der Waals surface area contributed by atoms with Gasteiger partial charge in [0, 0.05) is 25.5 Å². The third-order valence-corrected chi connectivity index (χ3v) is 5.00. The summed E-state index contributed by atoms with van der Waals surface area (Å²) in [5.74, 6) is -0.374. The van der Waals surface area contributed by atoms with Crippen LogP contribution >= 0.6 is 0 Å². The van der Waals surface area contributed by atoms with E-state index in [9.17, 15) is 9.59 Å². The first-order chi connectivity index (χ1) is 16.2. The van der Waals surface area contributed by atoms with Crippen molar-refractivity contribution in [1.29, 1.82) is 0 Å². The van der Waals surface area contributed by atoms with Crippen LogP contribution in [-0.4, -0.2) is 74.8 Å². The highest BCUT2D eigenvalue weighted by atomic mass is 16.6. The van der Waals surface area contributed by atoms with Gasteiger partial charge < -0.3 is 33.7 Å². The smallest absolute Gasteiger partial charge is 0.331 e. The van der Waals surface area contributed by atoms with E-state index in [-0.39, 0.29) is 36.3 Å². The highest BCUT2D eigenvalue weighted by Gasteiger charge is 2.36. The highest BCUT2D eigenvalue weighted by Crippen LogP contribution is 2.29. The highest BCUT2D eigenvalue weighted by molar-refractivity contribution is 5.98. The molecule has 1 aliphatic heterocycles. The predicted octanol–water partition coefficient (Wildman–Crippen LogP) is 2.40. The third-order valence-electron chi connectivity index (χ3n) is 5.00. The molecule has 1 saturated heterocycles. The molecule has 2 heterocycles. The van der Waals surface area contributed by atoms with Crippen molar-refractivity contribution >= 4 is 11.9 Å². The third kappa shape index (κ3) is 7.82. The summed E-state index contributed by atoms with van der Waals surface area (Å²) in [7, 11) is 4.78. The second kappa shape index (κ2) is 13.5. The Bertz CT molecular complexity index is 801. The van der Waals surface area contributed by atoms with Crippen molar-refractivity contribution < 1.29 is 38.0 Å². The van der Waals surface area contributed by atoms with Crippen molar-refractivity contribution in [3.63, 3.8) is 0 Å². The number of nitrogens with zero attached hydrogens (tertiary/aromatic N) is 1. The minimum atomic E-state index is -1.07. The number of carbonyl (C=O) groups is 2.